The minimum atomic E-state index is -0.341. The zero-order chi connectivity index (χ0) is 15.7. The molecule has 1 aliphatic heterocycles. The first-order chi connectivity index (χ1) is 10.4. The molecule has 8 atom stereocenters. The van der Waals surface area contributed by atoms with Crippen LogP contribution in [0.15, 0.2) is 11.6 Å². The van der Waals surface area contributed by atoms with Crippen LogP contribution in [0, 0.1) is 28.6 Å². The first-order valence-electron chi connectivity index (χ1n) is 9.05. The van der Waals surface area contributed by atoms with E-state index in [9.17, 15) is 10.2 Å². The Morgan fingerprint density at radius 1 is 1.18 bits per heavy atom. The minimum absolute atomic E-state index is 0.0102. The van der Waals surface area contributed by atoms with E-state index in [1.807, 2.05) is 6.08 Å². The van der Waals surface area contributed by atoms with Gasteiger partial charge in [0.1, 0.15) is 0 Å². The molecule has 0 aromatic rings. The molecule has 0 aromatic carbocycles. The lowest BCUT2D eigenvalue weighted by molar-refractivity contribution is -0.209. The molecule has 0 radical (unpaired) electrons. The number of rotatable bonds is 0. The average molecular weight is 306 g/mol. The largest absolute Gasteiger partial charge is 0.392 e. The molecular weight excluding hydrogens is 276 g/mol. The summed E-state index contributed by atoms with van der Waals surface area (Å²) in [6, 6.07) is 0. The van der Waals surface area contributed by atoms with Crippen LogP contribution in [0.3, 0.4) is 0 Å². The van der Waals surface area contributed by atoms with E-state index in [1.54, 1.807) is 0 Å². The summed E-state index contributed by atoms with van der Waals surface area (Å²) in [6.45, 7) is 7.85. The maximum atomic E-state index is 10.9. The molecule has 0 spiro atoms. The molecule has 0 bridgehead atoms. The van der Waals surface area contributed by atoms with Crippen LogP contribution >= 0.6 is 0 Å². The smallest absolute Gasteiger partial charge is 0.0724 e. The lowest BCUT2D eigenvalue weighted by Crippen LogP contribution is -2.61. The lowest BCUT2D eigenvalue weighted by atomic mass is 9.53. The van der Waals surface area contributed by atoms with Crippen molar-refractivity contribution in [2.45, 2.75) is 71.2 Å². The van der Waals surface area contributed by atoms with E-state index in [-0.39, 0.29) is 35.1 Å². The molecule has 22 heavy (non-hydrogen) atoms. The molecule has 4 rings (SSSR count). The highest BCUT2D eigenvalue weighted by atomic mass is 16.5. The zero-order valence-corrected chi connectivity index (χ0v) is 14.1. The van der Waals surface area contributed by atoms with Crippen molar-refractivity contribution in [3.8, 4) is 0 Å². The minimum Gasteiger partial charge on any atom is -0.392 e. The second kappa shape index (κ2) is 4.81. The topological polar surface area (TPSA) is 49.7 Å². The maximum absolute atomic E-state index is 10.9. The number of hydrogen-bond donors (Lipinski definition) is 2. The zero-order valence-electron chi connectivity index (χ0n) is 14.1. The van der Waals surface area contributed by atoms with Crippen molar-refractivity contribution < 1.29 is 14.9 Å². The predicted molar refractivity (Wildman–Crippen MR) is 85.3 cm³/mol. The van der Waals surface area contributed by atoms with E-state index in [4.69, 9.17) is 4.74 Å². The molecule has 0 aromatic heterocycles. The third kappa shape index (κ3) is 1.85. The van der Waals surface area contributed by atoms with Crippen molar-refractivity contribution in [1.82, 2.24) is 0 Å². The fraction of sp³-hybridized carbons (Fsp3) is 0.895. The number of fused-ring (bicyclic) bond motifs is 5. The fourth-order valence-corrected chi connectivity index (χ4v) is 6.11. The molecule has 1 heterocycles. The monoisotopic (exact) mass is 306 g/mol. The predicted octanol–water partition coefficient (Wildman–Crippen LogP) is 2.91. The van der Waals surface area contributed by atoms with Gasteiger partial charge in [-0.1, -0.05) is 32.4 Å². The SMILES string of the molecule is C[C@H]1CCC2C3C(O)CC4=C[C@@H](O)CC[C@]4(C)C3OC[C@@]21C. The fourth-order valence-electron chi connectivity index (χ4n) is 6.11. The van der Waals surface area contributed by atoms with Crippen molar-refractivity contribution in [1.29, 1.82) is 0 Å². The molecule has 3 fully saturated rings. The summed E-state index contributed by atoms with van der Waals surface area (Å²) < 4.78 is 6.46. The van der Waals surface area contributed by atoms with Crippen LogP contribution in [0.25, 0.3) is 0 Å². The molecular formula is C19H30O3. The summed E-state index contributed by atoms with van der Waals surface area (Å²) in [5.41, 5.74) is 1.47. The third-order valence-electron chi connectivity index (χ3n) is 7.86. The summed E-state index contributed by atoms with van der Waals surface area (Å²) in [6.07, 6.45) is 6.48. The summed E-state index contributed by atoms with van der Waals surface area (Å²) in [4.78, 5) is 0. The molecule has 124 valence electrons. The third-order valence-corrected chi connectivity index (χ3v) is 7.86. The summed E-state index contributed by atoms with van der Waals surface area (Å²) in [5, 5.41) is 20.9. The van der Waals surface area contributed by atoms with Crippen molar-refractivity contribution in [3.63, 3.8) is 0 Å². The standard InChI is InChI=1S/C19H30O3/c1-11-4-5-14-16-15(21)9-12-8-13(20)6-7-18(12,2)17(16)22-10-19(11,14)3/h8,11,13-17,20-21H,4-7,9-10H2,1-3H3/t11-,13-,14?,15?,16?,17?,18-,19+/m0/s1. The van der Waals surface area contributed by atoms with Crippen molar-refractivity contribution in [3.05, 3.63) is 11.6 Å². The maximum Gasteiger partial charge on any atom is 0.0724 e. The van der Waals surface area contributed by atoms with Gasteiger partial charge in [0.15, 0.2) is 0 Å². The van der Waals surface area contributed by atoms with Crippen LogP contribution in [0.4, 0.5) is 0 Å². The summed E-state index contributed by atoms with van der Waals surface area (Å²) in [5.74, 6) is 1.53. The van der Waals surface area contributed by atoms with Gasteiger partial charge in [-0.05, 0) is 49.4 Å². The Morgan fingerprint density at radius 2 is 1.95 bits per heavy atom. The van der Waals surface area contributed by atoms with E-state index < -0.39 is 0 Å². The Labute approximate surface area is 133 Å². The molecule has 3 heteroatoms. The Balaban J connectivity index is 1.72. The molecule has 3 nitrogen and oxygen atoms in total. The number of aliphatic hydroxyl groups is 2. The first-order valence-corrected chi connectivity index (χ1v) is 9.05. The lowest BCUT2D eigenvalue weighted by Gasteiger charge is -2.59. The van der Waals surface area contributed by atoms with Crippen LogP contribution in [-0.4, -0.2) is 35.1 Å². The van der Waals surface area contributed by atoms with Gasteiger partial charge in [-0.3, -0.25) is 0 Å². The van der Waals surface area contributed by atoms with E-state index in [1.165, 1.54) is 18.4 Å². The van der Waals surface area contributed by atoms with Crippen LogP contribution < -0.4 is 0 Å². The molecule has 4 aliphatic rings. The number of ether oxygens (including phenoxy) is 1. The van der Waals surface area contributed by atoms with Crippen LogP contribution in [0.2, 0.25) is 0 Å². The van der Waals surface area contributed by atoms with Crippen molar-refractivity contribution in [2.24, 2.45) is 28.6 Å². The van der Waals surface area contributed by atoms with Gasteiger partial charge in [0.05, 0.1) is 24.9 Å². The van der Waals surface area contributed by atoms with Gasteiger partial charge < -0.3 is 14.9 Å². The second-order valence-corrected chi connectivity index (χ2v) is 8.89. The molecule has 0 amide bonds. The average Bonchev–Trinajstić information content (AvgIpc) is 2.77. The van der Waals surface area contributed by atoms with E-state index >= 15 is 0 Å². The number of hydrogen-bond acceptors (Lipinski definition) is 3. The highest BCUT2D eigenvalue weighted by Gasteiger charge is 2.61. The Bertz CT molecular complexity index is 501. The second-order valence-electron chi connectivity index (χ2n) is 8.89. The van der Waals surface area contributed by atoms with Crippen LogP contribution in [-0.2, 0) is 4.74 Å². The Kier molecular flexibility index (Phi) is 3.32. The molecule has 4 unspecified atom stereocenters. The van der Waals surface area contributed by atoms with E-state index in [0.29, 0.717) is 11.8 Å². The first kappa shape index (κ1) is 15.2. The Hall–Kier alpha value is -0.380. The van der Waals surface area contributed by atoms with Crippen molar-refractivity contribution in [2.75, 3.05) is 6.61 Å². The molecule has 2 N–H and O–H groups in total. The van der Waals surface area contributed by atoms with Crippen molar-refractivity contribution >= 4 is 0 Å². The normalized spacial score (nSPS) is 57.6. The van der Waals surface area contributed by atoms with Gasteiger partial charge in [0.25, 0.3) is 0 Å². The van der Waals surface area contributed by atoms with Gasteiger partial charge in [0, 0.05) is 11.3 Å². The highest BCUT2D eigenvalue weighted by molar-refractivity contribution is 5.27. The molecule has 3 aliphatic carbocycles. The van der Waals surface area contributed by atoms with Gasteiger partial charge in [-0.15, -0.1) is 0 Å². The summed E-state index contributed by atoms with van der Waals surface area (Å²) in [7, 11) is 0. The van der Waals surface area contributed by atoms with E-state index in [2.05, 4.69) is 20.8 Å². The van der Waals surface area contributed by atoms with Gasteiger partial charge in [0.2, 0.25) is 0 Å². The number of aliphatic hydroxyl groups excluding tert-OH is 2. The van der Waals surface area contributed by atoms with E-state index in [0.717, 1.165) is 25.9 Å². The quantitative estimate of drug-likeness (QED) is 0.677. The molecule has 2 saturated carbocycles. The van der Waals surface area contributed by atoms with Gasteiger partial charge in [-0.25, -0.2) is 0 Å². The summed E-state index contributed by atoms with van der Waals surface area (Å²) >= 11 is 0. The van der Waals surface area contributed by atoms with Crippen LogP contribution in [0.1, 0.15) is 52.9 Å². The van der Waals surface area contributed by atoms with Gasteiger partial charge >= 0.3 is 0 Å². The Morgan fingerprint density at radius 3 is 2.73 bits per heavy atom. The van der Waals surface area contributed by atoms with Crippen LogP contribution in [0.5, 0.6) is 0 Å². The highest BCUT2D eigenvalue weighted by Crippen LogP contribution is 2.62. The van der Waals surface area contributed by atoms with Gasteiger partial charge in [-0.2, -0.15) is 0 Å². The molecule has 1 saturated heterocycles.